The molecule has 3 aromatic rings. The smallest absolute Gasteiger partial charge is 0.335 e. The van der Waals surface area contributed by atoms with E-state index in [2.05, 4.69) is 12.0 Å². The summed E-state index contributed by atoms with van der Waals surface area (Å²) in [6.07, 6.45) is 2.59. The highest BCUT2D eigenvalue weighted by molar-refractivity contribution is 6.32. The van der Waals surface area contributed by atoms with E-state index in [4.69, 9.17) is 9.52 Å². The molecular weight excluding hydrogens is 380 g/mol. The summed E-state index contributed by atoms with van der Waals surface area (Å²) < 4.78 is 5.84. The molecule has 0 bridgehead atoms. The molecular formula is C24H20N2O4. The third kappa shape index (κ3) is 3.67. The molecule has 0 fully saturated rings. The van der Waals surface area contributed by atoms with Gasteiger partial charge in [0.1, 0.15) is 11.5 Å². The van der Waals surface area contributed by atoms with Gasteiger partial charge in [0.25, 0.3) is 5.91 Å². The summed E-state index contributed by atoms with van der Waals surface area (Å²) in [4.78, 5) is 24.1. The van der Waals surface area contributed by atoms with E-state index in [1.165, 1.54) is 16.6 Å². The number of carboxylic acid groups (broad SMARTS) is 1. The van der Waals surface area contributed by atoms with E-state index < -0.39 is 5.97 Å². The highest BCUT2D eigenvalue weighted by atomic mass is 16.4. The SMILES string of the molecule is CCc1ccc(N2N=C(C)C(=Cc3ccc(-c4cccc(C(=O)O)c4)o3)C2=O)cc1. The number of aryl methyl sites for hydroxylation is 1. The van der Waals surface area contributed by atoms with Gasteiger partial charge in [-0.05, 0) is 61.4 Å². The molecule has 0 aliphatic carbocycles. The van der Waals surface area contributed by atoms with Crippen LogP contribution in [0.4, 0.5) is 5.69 Å². The van der Waals surface area contributed by atoms with Gasteiger partial charge in [-0.15, -0.1) is 0 Å². The van der Waals surface area contributed by atoms with Gasteiger partial charge in [0.2, 0.25) is 0 Å². The molecule has 6 nitrogen and oxygen atoms in total. The Hall–Kier alpha value is -3.93. The van der Waals surface area contributed by atoms with Gasteiger partial charge in [-0.2, -0.15) is 10.1 Å². The number of benzene rings is 2. The molecule has 0 saturated carbocycles. The number of carboxylic acids is 1. The summed E-state index contributed by atoms with van der Waals surface area (Å²) in [6, 6.07) is 17.8. The van der Waals surface area contributed by atoms with E-state index in [0.29, 0.717) is 34.1 Å². The van der Waals surface area contributed by atoms with Crippen LogP contribution in [0.3, 0.4) is 0 Å². The summed E-state index contributed by atoms with van der Waals surface area (Å²) in [6.45, 7) is 3.86. The predicted molar refractivity (Wildman–Crippen MR) is 115 cm³/mol. The van der Waals surface area contributed by atoms with Crippen molar-refractivity contribution in [3.63, 3.8) is 0 Å². The molecule has 6 heteroatoms. The number of anilines is 1. The van der Waals surface area contributed by atoms with Crippen molar-refractivity contribution in [3.8, 4) is 11.3 Å². The number of aromatic carboxylic acids is 1. The Labute approximate surface area is 173 Å². The van der Waals surface area contributed by atoms with Crippen LogP contribution in [0.5, 0.6) is 0 Å². The van der Waals surface area contributed by atoms with E-state index in [1.807, 2.05) is 24.3 Å². The molecule has 2 aromatic carbocycles. The number of hydrogen-bond donors (Lipinski definition) is 1. The van der Waals surface area contributed by atoms with E-state index >= 15 is 0 Å². The molecule has 150 valence electrons. The third-order valence-corrected chi connectivity index (χ3v) is 4.96. The Bertz CT molecular complexity index is 1190. The van der Waals surface area contributed by atoms with Crippen LogP contribution in [0.2, 0.25) is 0 Å². The minimum Gasteiger partial charge on any atom is -0.478 e. The van der Waals surface area contributed by atoms with Crippen LogP contribution in [-0.2, 0) is 11.2 Å². The highest BCUT2D eigenvalue weighted by Crippen LogP contribution is 2.28. The Kier molecular flexibility index (Phi) is 5.06. The fraction of sp³-hybridized carbons (Fsp3) is 0.125. The number of carbonyl (C=O) groups is 2. The molecule has 30 heavy (non-hydrogen) atoms. The first-order valence-electron chi connectivity index (χ1n) is 9.60. The number of nitrogens with zero attached hydrogens (tertiary/aromatic N) is 2. The highest BCUT2D eigenvalue weighted by Gasteiger charge is 2.29. The standard InChI is InChI=1S/C24H20N2O4/c1-3-16-7-9-19(10-8-16)26-23(27)21(15(2)25-26)14-20-11-12-22(30-20)17-5-4-6-18(13-17)24(28)29/h4-14H,3H2,1-2H3,(H,28,29). The lowest BCUT2D eigenvalue weighted by atomic mass is 10.1. The number of amides is 1. The lowest BCUT2D eigenvalue weighted by Gasteiger charge is -2.12. The van der Waals surface area contributed by atoms with Crippen LogP contribution >= 0.6 is 0 Å². The van der Waals surface area contributed by atoms with Crippen molar-refractivity contribution in [3.05, 3.63) is 83.1 Å². The molecule has 0 saturated heterocycles. The van der Waals surface area contributed by atoms with E-state index in [9.17, 15) is 9.59 Å². The maximum absolute atomic E-state index is 12.9. The zero-order valence-corrected chi connectivity index (χ0v) is 16.6. The number of hydrazone groups is 1. The second-order valence-electron chi connectivity index (χ2n) is 6.97. The molecule has 4 rings (SSSR count). The lowest BCUT2D eigenvalue weighted by molar-refractivity contribution is -0.114. The predicted octanol–water partition coefficient (Wildman–Crippen LogP) is 5.01. The van der Waals surface area contributed by atoms with Crippen molar-refractivity contribution < 1.29 is 19.1 Å². The van der Waals surface area contributed by atoms with E-state index in [0.717, 1.165) is 6.42 Å². The number of furan rings is 1. The Morgan fingerprint density at radius 2 is 1.90 bits per heavy atom. The molecule has 1 aliphatic rings. The Balaban J connectivity index is 1.60. The molecule has 1 N–H and O–H groups in total. The normalized spacial score (nSPS) is 15.0. The van der Waals surface area contributed by atoms with Crippen LogP contribution in [0.15, 0.2) is 75.8 Å². The first kappa shape index (κ1) is 19.4. The Morgan fingerprint density at radius 3 is 2.60 bits per heavy atom. The summed E-state index contributed by atoms with van der Waals surface area (Å²) >= 11 is 0. The van der Waals surface area contributed by atoms with Crippen molar-refractivity contribution in [2.45, 2.75) is 20.3 Å². The quantitative estimate of drug-likeness (QED) is 0.610. The van der Waals surface area contributed by atoms with Gasteiger partial charge >= 0.3 is 5.97 Å². The summed E-state index contributed by atoms with van der Waals surface area (Å²) in [5.41, 5.74) is 3.80. The fourth-order valence-electron chi connectivity index (χ4n) is 3.27. The van der Waals surface area contributed by atoms with Gasteiger partial charge in [0.05, 0.1) is 22.5 Å². The average molecular weight is 400 g/mol. The number of hydrogen-bond acceptors (Lipinski definition) is 4. The Morgan fingerprint density at radius 1 is 1.13 bits per heavy atom. The van der Waals surface area contributed by atoms with Crippen molar-refractivity contribution in [2.24, 2.45) is 5.10 Å². The number of carbonyl (C=O) groups excluding carboxylic acids is 1. The molecule has 1 aliphatic heterocycles. The topological polar surface area (TPSA) is 83.1 Å². The molecule has 1 aromatic heterocycles. The minimum absolute atomic E-state index is 0.183. The monoisotopic (exact) mass is 400 g/mol. The first-order chi connectivity index (χ1) is 14.5. The van der Waals surface area contributed by atoms with E-state index in [-0.39, 0.29) is 11.5 Å². The zero-order valence-electron chi connectivity index (χ0n) is 16.6. The van der Waals surface area contributed by atoms with Crippen molar-refractivity contribution in [1.82, 2.24) is 0 Å². The van der Waals surface area contributed by atoms with Crippen molar-refractivity contribution >= 4 is 29.4 Å². The molecule has 0 unspecified atom stereocenters. The summed E-state index contributed by atoms with van der Waals surface area (Å²) in [5, 5.41) is 14.9. The van der Waals surface area contributed by atoms with Crippen LogP contribution in [0, 0.1) is 0 Å². The van der Waals surface area contributed by atoms with Gasteiger partial charge in [0.15, 0.2) is 0 Å². The zero-order chi connectivity index (χ0) is 21.3. The van der Waals surface area contributed by atoms with Crippen molar-refractivity contribution in [1.29, 1.82) is 0 Å². The van der Waals surface area contributed by atoms with Crippen molar-refractivity contribution in [2.75, 3.05) is 5.01 Å². The maximum Gasteiger partial charge on any atom is 0.335 e. The minimum atomic E-state index is -0.999. The lowest BCUT2D eigenvalue weighted by Crippen LogP contribution is -2.21. The molecule has 0 radical (unpaired) electrons. The largest absolute Gasteiger partial charge is 0.478 e. The third-order valence-electron chi connectivity index (χ3n) is 4.96. The second-order valence-corrected chi connectivity index (χ2v) is 6.97. The van der Waals surface area contributed by atoms with Gasteiger partial charge in [-0.1, -0.05) is 31.2 Å². The van der Waals surface area contributed by atoms with Gasteiger partial charge in [-0.25, -0.2) is 4.79 Å². The molecule has 1 amide bonds. The second kappa shape index (κ2) is 7.83. The van der Waals surface area contributed by atoms with Gasteiger partial charge in [0, 0.05) is 5.56 Å². The fourth-order valence-corrected chi connectivity index (χ4v) is 3.27. The van der Waals surface area contributed by atoms with Gasteiger partial charge in [-0.3, -0.25) is 4.79 Å². The average Bonchev–Trinajstić information content (AvgIpc) is 3.34. The van der Waals surface area contributed by atoms with Crippen LogP contribution in [-0.4, -0.2) is 22.7 Å². The maximum atomic E-state index is 12.9. The molecule has 2 heterocycles. The van der Waals surface area contributed by atoms with Crippen LogP contribution in [0.1, 0.15) is 35.5 Å². The van der Waals surface area contributed by atoms with E-state index in [1.54, 1.807) is 43.3 Å². The molecule has 0 spiro atoms. The molecule has 0 atom stereocenters. The van der Waals surface area contributed by atoms with Crippen LogP contribution in [0.25, 0.3) is 17.4 Å². The number of rotatable bonds is 5. The van der Waals surface area contributed by atoms with Gasteiger partial charge < -0.3 is 9.52 Å². The summed E-state index contributed by atoms with van der Waals surface area (Å²) in [7, 11) is 0. The first-order valence-corrected chi connectivity index (χ1v) is 9.60. The summed E-state index contributed by atoms with van der Waals surface area (Å²) in [5.74, 6) is -0.201. The van der Waals surface area contributed by atoms with Crippen LogP contribution < -0.4 is 5.01 Å².